The molecule has 21 heavy (non-hydrogen) atoms. The van der Waals surface area contributed by atoms with Crippen molar-refractivity contribution >= 4 is 11.6 Å². The predicted molar refractivity (Wildman–Crippen MR) is 80.5 cm³/mol. The number of aromatic hydroxyl groups is 2. The molecule has 0 spiro atoms. The summed E-state index contributed by atoms with van der Waals surface area (Å²) < 4.78 is 0. The third-order valence-electron chi connectivity index (χ3n) is 2.96. The lowest BCUT2D eigenvalue weighted by atomic mass is 10.1. The van der Waals surface area contributed by atoms with Crippen LogP contribution in [0.15, 0.2) is 53.6 Å². The molecule has 2 aromatic rings. The van der Waals surface area contributed by atoms with Crippen LogP contribution >= 0.6 is 0 Å². The Morgan fingerprint density at radius 1 is 0.952 bits per heavy atom. The summed E-state index contributed by atoms with van der Waals surface area (Å²) in [4.78, 5) is 11.9. The van der Waals surface area contributed by atoms with E-state index in [1.807, 2.05) is 6.92 Å². The van der Waals surface area contributed by atoms with Crippen molar-refractivity contribution in [2.45, 2.75) is 13.3 Å². The molecule has 0 aliphatic carbocycles. The van der Waals surface area contributed by atoms with Crippen LogP contribution in [0.2, 0.25) is 0 Å². The van der Waals surface area contributed by atoms with Gasteiger partial charge in [-0.3, -0.25) is 4.79 Å². The lowest BCUT2D eigenvalue weighted by Gasteiger charge is -2.05. The Morgan fingerprint density at radius 3 is 1.90 bits per heavy atom. The molecule has 0 saturated heterocycles. The first-order valence-electron chi connectivity index (χ1n) is 6.55. The van der Waals surface area contributed by atoms with Crippen LogP contribution in [0.25, 0.3) is 0 Å². The first kappa shape index (κ1) is 14.6. The second kappa shape index (κ2) is 6.56. The molecular formula is C16H16N2O3. The van der Waals surface area contributed by atoms with Gasteiger partial charge in [0, 0.05) is 5.56 Å². The first-order valence-corrected chi connectivity index (χ1v) is 6.55. The fourth-order valence-corrected chi connectivity index (χ4v) is 1.80. The Balaban J connectivity index is 2.12. The Bertz CT molecular complexity index is 646. The highest BCUT2D eigenvalue weighted by molar-refractivity contribution is 6.02. The van der Waals surface area contributed by atoms with E-state index >= 15 is 0 Å². The molecule has 108 valence electrons. The van der Waals surface area contributed by atoms with Gasteiger partial charge in [-0.05, 0) is 60.5 Å². The number of hydrazone groups is 1. The van der Waals surface area contributed by atoms with Crippen molar-refractivity contribution in [2.75, 3.05) is 0 Å². The van der Waals surface area contributed by atoms with Crippen LogP contribution in [-0.4, -0.2) is 21.8 Å². The van der Waals surface area contributed by atoms with Crippen LogP contribution in [0, 0.1) is 0 Å². The smallest absolute Gasteiger partial charge is 0.271 e. The number of phenolic OH excluding ortho intramolecular Hbond substituents is 2. The van der Waals surface area contributed by atoms with Crippen LogP contribution in [-0.2, 0) is 0 Å². The topological polar surface area (TPSA) is 81.9 Å². The number of rotatable bonds is 4. The lowest BCUT2D eigenvalue weighted by Crippen LogP contribution is -2.19. The molecule has 0 fully saturated rings. The summed E-state index contributed by atoms with van der Waals surface area (Å²) in [5.41, 5.74) is 4.45. The van der Waals surface area contributed by atoms with Gasteiger partial charge in [0.1, 0.15) is 11.5 Å². The number of nitrogens with one attached hydrogen (secondary N) is 1. The SMILES string of the molecule is CC/C(=N\NC(=O)c1ccc(O)cc1)c1ccc(O)cc1. The molecule has 0 aromatic heterocycles. The summed E-state index contributed by atoms with van der Waals surface area (Å²) in [6.45, 7) is 1.93. The summed E-state index contributed by atoms with van der Waals surface area (Å²) in [7, 11) is 0. The van der Waals surface area contributed by atoms with Crippen molar-refractivity contribution in [3.05, 3.63) is 59.7 Å². The van der Waals surface area contributed by atoms with Crippen LogP contribution in [0.5, 0.6) is 11.5 Å². The minimum atomic E-state index is -0.347. The minimum absolute atomic E-state index is 0.105. The van der Waals surface area contributed by atoms with Gasteiger partial charge in [-0.15, -0.1) is 0 Å². The van der Waals surface area contributed by atoms with Gasteiger partial charge in [0.2, 0.25) is 0 Å². The van der Waals surface area contributed by atoms with E-state index in [0.717, 1.165) is 5.56 Å². The number of phenols is 2. The van der Waals surface area contributed by atoms with Crippen LogP contribution in [0.1, 0.15) is 29.3 Å². The van der Waals surface area contributed by atoms with Crippen molar-refractivity contribution < 1.29 is 15.0 Å². The molecule has 1 amide bonds. The largest absolute Gasteiger partial charge is 0.508 e. The van der Waals surface area contributed by atoms with E-state index in [1.54, 1.807) is 24.3 Å². The number of benzene rings is 2. The number of amides is 1. The van der Waals surface area contributed by atoms with Crippen LogP contribution < -0.4 is 5.43 Å². The monoisotopic (exact) mass is 284 g/mol. The summed E-state index contributed by atoms with van der Waals surface area (Å²) >= 11 is 0. The number of carbonyl (C=O) groups excluding carboxylic acids is 1. The van der Waals surface area contributed by atoms with Crippen molar-refractivity contribution in [3.8, 4) is 11.5 Å². The van der Waals surface area contributed by atoms with Gasteiger partial charge in [-0.25, -0.2) is 5.43 Å². The number of carbonyl (C=O) groups is 1. The molecule has 0 heterocycles. The third kappa shape index (κ3) is 3.82. The summed E-state index contributed by atoms with van der Waals surface area (Å²) in [5, 5.41) is 22.6. The van der Waals surface area contributed by atoms with E-state index in [2.05, 4.69) is 10.5 Å². The molecule has 0 aliphatic heterocycles. The Morgan fingerprint density at radius 2 is 1.43 bits per heavy atom. The average molecular weight is 284 g/mol. The van der Waals surface area contributed by atoms with E-state index in [4.69, 9.17) is 0 Å². The Hall–Kier alpha value is -2.82. The predicted octanol–water partition coefficient (Wildman–Crippen LogP) is 2.64. The number of nitrogens with zero attached hydrogens (tertiary/aromatic N) is 1. The molecule has 0 aliphatic rings. The van der Waals surface area contributed by atoms with Gasteiger partial charge >= 0.3 is 0 Å². The molecule has 2 rings (SSSR count). The maximum atomic E-state index is 11.9. The van der Waals surface area contributed by atoms with Gasteiger partial charge in [-0.2, -0.15) is 5.10 Å². The van der Waals surface area contributed by atoms with Gasteiger partial charge in [0.25, 0.3) is 5.91 Å². The molecule has 0 bridgehead atoms. The number of hydrogen-bond donors (Lipinski definition) is 3. The van der Waals surface area contributed by atoms with Gasteiger partial charge in [-0.1, -0.05) is 6.92 Å². The van der Waals surface area contributed by atoms with Crippen molar-refractivity contribution in [1.29, 1.82) is 0 Å². The van der Waals surface area contributed by atoms with Crippen molar-refractivity contribution in [1.82, 2.24) is 5.43 Å². The molecule has 0 saturated carbocycles. The quantitative estimate of drug-likeness (QED) is 0.596. The van der Waals surface area contributed by atoms with E-state index < -0.39 is 0 Å². The van der Waals surface area contributed by atoms with Crippen LogP contribution in [0.3, 0.4) is 0 Å². The molecule has 5 heteroatoms. The average Bonchev–Trinajstić information content (AvgIpc) is 2.50. The van der Waals surface area contributed by atoms with E-state index in [9.17, 15) is 15.0 Å². The van der Waals surface area contributed by atoms with E-state index in [1.165, 1.54) is 24.3 Å². The minimum Gasteiger partial charge on any atom is -0.508 e. The molecular weight excluding hydrogens is 268 g/mol. The molecule has 2 aromatic carbocycles. The van der Waals surface area contributed by atoms with Gasteiger partial charge in [0.15, 0.2) is 0 Å². The second-order valence-corrected chi connectivity index (χ2v) is 4.45. The second-order valence-electron chi connectivity index (χ2n) is 4.45. The van der Waals surface area contributed by atoms with Crippen molar-refractivity contribution in [3.63, 3.8) is 0 Å². The van der Waals surface area contributed by atoms with Gasteiger partial charge < -0.3 is 10.2 Å². The summed E-state index contributed by atoms with van der Waals surface area (Å²) in [6, 6.07) is 12.6. The molecule has 0 unspecified atom stereocenters. The molecule has 5 nitrogen and oxygen atoms in total. The zero-order valence-electron chi connectivity index (χ0n) is 11.6. The summed E-state index contributed by atoms with van der Waals surface area (Å²) in [5.74, 6) is -0.0598. The highest BCUT2D eigenvalue weighted by Crippen LogP contribution is 2.12. The summed E-state index contributed by atoms with van der Waals surface area (Å²) in [6.07, 6.45) is 0.640. The highest BCUT2D eigenvalue weighted by Gasteiger charge is 2.06. The fraction of sp³-hybridized carbons (Fsp3) is 0.125. The first-order chi connectivity index (χ1) is 10.1. The van der Waals surface area contributed by atoms with Gasteiger partial charge in [0.05, 0.1) is 5.71 Å². The van der Waals surface area contributed by atoms with E-state index in [0.29, 0.717) is 17.7 Å². The lowest BCUT2D eigenvalue weighted by molar-refractivity contribution is 0.0955. The standard InChI is InChI=1S/C16H16N2O3/c1-2-15(11-3-7-13(19)8-4-11)17-18-16(21)12-5-9-14(20)10-6-12/h3-10,19-20H,2H2,1H3,(H,18,21)/b17-15+. The Labute approximate surface area is 122 Å². The van der Waals surface area contributed by atoms with Crippen molar-refractivity contribution in [2.24, 2.45) is 5.10 Å². The number of hydrogen-bond acceptors (Lipinski definition) is 4. The third-order valence-corrected chi connectivity index (χ3v) is 2.96. The Kier molecular flexibility index (Phi) is 4.56. The molecule has 0 radical (unpaired) electrons. The molecule has 3 N–H and O–H groups in total. The fourth-order valence-electron chi connectivity index (χ4n) is 1.80. The zero-order chi connectivity index (χ0) is 15.2. The zero-order valence-corrected chi connectivity index (χ0v) is 11.6. The highest BCUT2D eigenvalue weighted by atomic mass is 16.3. The van der Waals surface area contributed by atoms with E-state index in [-0.39, 0.29) is 17.4 Å². The maximum Gasteiger partial charge on any atom is 0.271 e. The normalized spacial score (nSPS) is 11.2. The van der Waals surface area contributed by atoms with Crippen LogP contribution in [0.4, 0.5) is 0 Å². The maximum absolute atomic E-state index is 11.9. The molecule has 0 atom stereocenters.